The quantitative estimate of drug-likeness (QED) is 0.484. The molecular formula is C14H16O4S. The molecule has 0 unspecified atom stereocenters. The number of carbonyl (C=O) groups is 1. The van der Waals surface area contributed by atoms with Crippen LogP contribution in [0.25, 0.3) is 0 Å². The van der Waals surface area contributed by atoms with Crippen LogP contribution in [-0.4, -0.2) is 42.9 Å². The maximum atomic E-state index is 10.9. The summed E-state index contributed by atoms with van der Waals surface area (Å²) in [6.45, 7) is 0.388. The summed E-state index contributed by atoms with van der Waals surface area (Å²) in [6.07, 6.45) is 0. The zero-order valence-electron chi connectivity index (χ0n) is 10.7. The van der Waals surface area contributed by atoms with Crippen LogP contribution in [0.15, 0.2) is 24.3 Å². The fourth-order valence-electron chi connectivity index (χ4n) is 1.21. The summed E-state index contributed by atoms with van der Waals surface area (Å²) in [6, 6.07) is 7.32. The van der Waals surface area contributed by atoms with Crippen LogP contribution in [0.4, 0.5) is 0 Å². The summed E-state index contributed by atoms with van der Waals surface area (Å²) < 4.78 is 10.0. The molecule has 0 atom stereocenters. The third-order valence-corrected chi connectivity index (χ3v) is 3.01. The fourth-order valence-corrected chi connectivity index (χ4v) is 1.84. The Kier molecular flexibility index (Phi) is 7.56. The lowest BCUT2D eigenvalue weighted by atomic mass is 10.2. The molecule has 0 bridgehead atoms. The summed E-state index contributed by atoms with van der Waals surface area (Å²) >= 11 is 1.47. The van der Waals surface area contributed by atoms with Crippen LogP contribution < -0.4 is 4.74 Å². The average molecular weight is 280 g/mol. The van der Waals surface area contributed by atoms with E-state index in [1.165, 1.54) is 18.9 Å². The Morgan fingerprint density at radius 2 is 2.11 bits per heavy atom. The molecule has 1 aromatic carbocycles. The normalized spacial score (nSPS) is 9.37. The molecule has 0 aromatic heterocycles. The molecule has 1 aromatic rings. The molecule has 0 spiro atoms. The topological polar surface area (TPSA) is 55.8 Å². The monoisotopic (exact) mass is 280 g/mol. The molecule has 19 heavy (non-hydrogen) atoms. The van der Waals surface area contributed by atoms with Gasteiger partial charge in [0.2, 0.25) is 0 Å². The lowest BCUT2D eigenvalue weighted by Gasteiger charge is -2.05. The number of benzene rings is 1. The molecule has 4 nitrogen and oxygen atoms in total. The van der Waals surface area contributed by atoms with Crippen molar-refractivity contribution in [3.63, 3.8) is 0 Å². The van der Waals surface area contributed by atoms with Crippen LogP contribution in [0.3, 0.4) is 0 Å². The van der Waals surface area contributed by atoms with E-state index in [2.05, 4.69) is 16.6 Å². The van der Waals surface area contributed by atoms with Gasteiger partial charge in [-0.2, -0.15) is 0 Å². The van der Waals surface area contributed by atoms with Crippen molar-refractivity contribution in [2.75, 3.05) is 31.8 Å². The Balaban J connectivity index is 2.24. The Hall–Kier alpha value is -1.64. The third-order valence-electron chi connectivity index (χ3n) is 2.11. The lowest BCUT2D eigenvalue weighted by molar-refractivity contribution is -0.137. The van der Waals surface area contributed by atoms with E-state index in [9.17, 15) is 4.79 Å². The SMILES string of the molecule is COC(=O)CSCCOc1ccc(C#CCO)cc1. The lowest BCUT2D eigenvalue weighted by Crippen LogP contribution is -2.06. The van der Waals surface area contributed by atoms with Crippen LogP contribution in [-0.2, 0) is 9.53 Å². The molecule has 0 aliphatic rings. The van der Waals surface area contributed by atoms with Gasteiger partial charge >= 0.3 is 5.97 Å². The van der Waals surface area contributed by atoms with Crippen molar-refractivity contribution < 1.29 is 19.4 Å². The van der Waals surface area contributed by atoms with Gasteiger partial charge in [0, 0.05) is 11.3 Å². The highest BCUT2D eigenvalue weighted by Crippen LogP contribution is 2.12. The van der Waals surface area contributed by atoms with Crippen molar-refractivity contribution in [1.82, 2.24) is 0 Å². The first kappa shape index (κ1) is 15.4. The maximum absolute atomic E-state index is 10.9. The van der Waals surface area contributed by atoms with Gasteiger partial charge in [-0.3, -0.25) is 4.79 Å². The van der Waals surface area contributed by atoms with E-state index in [4.69, 9.17) is 9.84 Å². The average Bonchev–Trinajstić information content (AvgIpc) is 2.45. The van der Waals surface area contributed by atoms with Gasteiger partial charge in [-0.15, -0.1) is 11.8 Å². The Bertz CT molecular complexity index is 445. The third kappa shape index (κ3) is 6.75. The largest absolute Gasteiger partial charge is 0.493 e. The van der Waals surface area contributed by atoms with Crippen LogP contribution >= 0.6 is 11.8 Å². The minimum Gasteiger partial charge on any atom is -0.493 e. The van der Waals surface area contributed by atoms with E-state index in [1.54, 1.807) is 0 Å². The van der Waals surface area contributed by atoms with Crippen molar-refractivity contribution in [1.29, 1.82) is 0 Å². The van der Waals surface area contributed by atoms with Gasteiger partial charge in [-0.1, -0.05) is 11.8 Å². The standard InChI is InChI=1S/C14H16O4S/c1-17-14(16)11-19-10-9-18-13-6-4-12(5-7-13)3-2-8-15/h4-7,15H,8-11H2,1H3. The molecule has 0 saturated carbocycles. The van der Waals surface area contributed by atoms with Crippen LogP contribution in [0, 0.1) is 11.8 Å². The van der Waals surface area contributed by atoms with Crippen molar-refractivity contribution in [2.45, 2.75) is 0 Å². The molecule has 102 valence electrons. The Morgan fingerprint density at radius 3 is 2.74 bits per heavy atom. The second-order valence-electron chi connectivity index (χ2n) is 3.46. The van der Waals surface area contributed by atoms with Crippen molar-refractivity contribution >= 4 is 17.7 Å². The van der Waals surface area contributed by atoms with E-state index in [0.29, 0.717) is 12.4 Å². The molecule has 0 aliphatic carbocycles. The summed E-state index contributed by atoms with van der Waals surface area (Å²) in [5.41, 5.74) is 0.835. The summed E-state index contributed by atoms with van der Waals surface area (Å²) in [7, 11) is 1.38. The number of ether oxygens (including phenoxy) is 2. The van der Waals surface area contributed by atoms with Gasteiger partial charge in [0.05, 0.1) is 19.5 Å². The van der Waals surface area contributed by atoms with Gasteiger partial charge in [-0.05, 0) is 24.3 Å². The van der Waals surface area contributed by atoms with E-state index >= 15 is 0 Å². The number of thioether (sulfide) groups is 1. The number of hydrogen-bond donors (Lipinski definition) is 1. The van der Waals surface area contributed by atoms with Crippen molar-refractivity contribution in [2.24, 2.45) is 0 Å². The summed E-state index contributed by atoms with van der Waals surface area (Å²) in [5, 5.41) is 8.57. The molecule has 0 amide bonds. The van der Waals surface area contributed by atoms with Gasteiger partial charge in [0.1, 0.15) is 12.4 Å². The number of methoxy groups -OCH3 is 1. The van der Waals surface area contributed by atoms with E-state index in [1.807, 2.05) is 24.3 Å². The van der Waals surface area contributed by atoms with Crippen molar-refractivity contribution in [3.8, 4) is 17.6 Å². The second-order valence-corrected chi connectivity index (χ2v) is 4.57. The molecule has 1 rings (SSSR count). The van der Waals surface area contributed by atoms with Gasteiger partial charge < -0.3 is 14.6 Å². The minimum absolute atomic E-state index is 0.143. The number of aliphatic hydroxyl groups is 1. The number of rotatable bonds is 6. The number of carbonyl (C=O) groups excluding carboxylic acids is 1. The first-order chi connectivity index (χ1) is 9.26. The first-order valence-electron chi connectivity index (χ1n) is 5.73. The molecule has 0 fully saturated rings. The molecule has 0 saturated heterocycles. The predicted octanol–water partition coefficient (Wildman–Crippen LogP) is 1.32. The van der Waals surface area contributed by atoms with Crippen LogP contribution in [0.2, 0.25) is 0 Å². The van der Waals surface area contributed by atoms with E-state index < -0.39 is 0 Å². The highest BCUT2D eigenvalue weighted by atomic mass is 32.2. The van der Waals surface area contributed by atoms with Crippen molar-refractivity contribution in [3.05, 3.63) is 29.8 Å². The second kappa shape index (κ2) is 9.31. The smallest absolute Gasteiger partial charge is 0.315 e. The predicted molar refractivity (Wildman–Crippen MR) is 75.2 cm³/mol. The minimum atomic E-state index is -0.225. The Morgan fingerprint density at radius 1 is 1.37 bits per heavy atom. The molecule has 0 radical (unpaired) electrons. The summed E-state index contributed by atoms with van der Waals surface area (Å²) in [5.74, 6) is 6.98. The van der Waals surface area contributed by atoms with E-state index in [-0.39, 0.29) is 12.6 Å². The number of hydrogen-bond acceptors (Lipinski definition) is 5. The first-order valence-corrected chi connectivity index (χ1v) is 6.89. The zero-order valence-corrected chi connectivity index (χ0v) is 11.5. The highest BCUT2D eigenvalue weighted by molar-refractivity contribution is 7.99. The molecule has 1 N–H and O–H groups in total. The van der Waals surface area contributed by atoms with Gasteiger partial charge in [0.25, 0.3) is 0 Å². The van der Waals surface area contributed by atoms with Gasteiger partial charge in [-0.25, -0.2) is 0 Å². The number of esters is 1. The highest BCUT2D eigenvalue weighted by Gasteiger charge is 2.00. The maximum Gasteiger partial charge on any atom is 0.315 e. The molecule has 5 heteroatoms. The van der Waals surface area contributed by atoms with E-state index in [0.717, 1.165) is 17.1 Å². The van der Waals surface area contributed by atoms with Gasteiger partial charge in [0.15, 0.2) is 0 Å². The summed E-state index contributed by atoms with van der Waals surface area (Å²) in [4.78, 5) is 10.9. The fraction of sp³-hybridized carbons (Fsp3) is 0.357. The van der Waals surface area contributed by atoms with Crippen LogP contribution in [0.5, 0.6) is 5.75 Å². The molecular weight excluding hydrogens is 264 g/mol. The number of aliphatic hydroxyl groups excluding tert-OH is 1. The molecule has 0 heterocycles. The Labute approximate surface area is 117 Å². The molecule has 0 aliphatic heterocycles. The zero-order chi connectivity index (χ0) is 13.9. The van der Waals surface area contributed by atoms with Crippen LogP contribution in [0.1, 0.15) is 5.56 Å².